The van der Waals surface area contributed by atoms with Crippen LogP contribution in [0, 0.1) is 23.7 Å². The number of carbonyl (C=O) groups is 3. The molecule has 0 spiro atoms. The molecule has 0 unspecified atom stereocenters. The molecule has 2 saturated heterocycles. The summed E-state index contributed by atoms with van der Waals surface area (Å²) in [6.45, 7) is 0. The van der Waals surface area contributed by atoms with Crippen molar-refractivity contribution in [2.24, 2.45) is 23.7 Å². The molecule has 0 N–H and O–H groups in total. The van der Waals surface area contributed by atoms with Gasteiger partial charge in [0.25, 0.3) is 17.7 Å². The molecule has 0 radical (unpaired) electrons. The lowest BCUT2D eigenvalue weighted by Gasteiger charge is -2.25. The van der Waals surface area contributed by atoms with E-state index in [1.165, 1.54) is 0 Å². The highest BCUT2D eigenvalue weighted by molar-refractivity contribution is 8.26. The molecule has 2 aliphatic carbocycles. The number of allylic oxidation sites excluding steroid dienone is 2. The van der Waals surface area contributed by atoms with Crippen LogP contribution < -0.4 is 0 Å². The SMILES string of the molecule is CN(C)/C=C1\SC(=S)N(N2C(=O)[C@@H]3[C@H](C2=O)[C@@H]2C=C[C@H]3C2)C1=O. The summed E-state index contributed by atoms with van der Waals surface area (Å²) in [5.41, 5.74) is 0. The van der Waals surface area contributed by atoms with Crippen LogP contribution in [-0.2, 0) is 14.4 Å². The van der Waals surface area contributed by atoms with Crippen molar-refractivity contribution < 1.29 is 14.4 Å². The van der Waals surface area contributed by atoms with Crippen molar-refractivity contribution in [1.29, 1.82) is 0 Å². The minimum atomic E-state index is -0.407. The van der Waals surface area contributed by atoms with Crippen LogP contribution in [0.3, 0.4) is 0 Å². The lowest BCUT2D eigenvalue weighted by molar-refractivity contribution is -0.159. The summed E-state index contributed by atoms with van der Waals surface area (Å²) in [7, 11) is 3.60. The molecular weight excluding hydrogens is 334 g/mol. The van der Waals surface area contributed by atoms with Gasteiger partial charge >= 0.3 is 0 Å². The molecule has 2 bridgehead atoms. The minimum Gasteiger partial charge on any atom is -0.382 e. The zero-order valence-corrected chi connectivity index (χ0v) is 14.3. The number of rotatable bonds is 2. The Hall–Kier alpha value is -1.67. The highest BCUT2D eigenvalue weighted by atomic mass is 32.2. The molecule has 0 aromatic carbocycles. The molecule has 0 aromatic rings. The molecule has 4 rings (SSSR count). The second kappa shape index (κ2) is 4.91. The van der Waals surface area contributed by atoms with E-state index in [4.69, 9.17) is 12.2 Å². The molecule has 8 heteroatoms. The van der Waals surface area contributed by atoms with Crippen LogP contribution in [0.15, 0.2) is 23.3 Å². The first-order valence-electron chi connectivity index (χ1n) is 7.40. The number of amides is 3. The predicted molar refractivity (Wildman–Crippen MR) is 88.4 cm³/mol. The maximum atomic E-state index is 12.8. The lowest BCUT2D eigenvalue weighted by Crippen LogP contribution is -2.49. The van der Waals surface area contributed by atoms with Gasteiger partial charge in [0.2, 0.25) is 0 Å². The molecule has 4 atom stereocenters. The van der Waals surface area contributed by atoms with Crippen LogP contribution >= 0.6 is 24.0 Å². The molecule has 120 valence electrons. The second-order valence-corrected chi connectivity index (χ2v) is 8.11. The number of thiocarbonyl (C=S) groups is 1. The van der Waals surface area contributed by atoms with Crippen molar-refractivity contribution >= 4 is 46.0 Å². The summed E-state index contributed by atoms with van der Waals surface area (Å²) in [6.07, 6.45) is 6.56. The summed E-state index contributed by atoms with van der Waals surface area (Å²) in [6, 6.07) is 0. The van der Waals surface area contributed by atoms with Crippen molar-refractivity contribution in [2.45, 2.75) is 6.42 Å². The van der Waals surface area contributed by atoms with E-state index in [9.17, 15) is 14.4 Å². The van der Waals surface area contributed by atoms with Crippen LogP contribution in [0.2, 0.25) is 0 Å². The molecule has 2 heterocycles. The average Bonchev–Trinajstić information content (AvgIpc) is 3.19. The van der Waals surface area contributed by atoms with Gasteiger partial charge in [-0.2, -0.15) is 10.0 Å². The maximum absolute atomic E-state index is 12.8. The van der Waals surface area contributed by atoms with Crippen molar-refractivity contribution in [2.75, 3.05) is 14.1 Å². The largest absolute Gasteiger partial charge is 0.382 e. The Labute approximate surface area is 143 Å². The number of thioether (sulfide) groups is 1. The highest BCUT2D eigenvalue weighted by Crippen LogP contribution is 2.53. The van der Waals surface area contributed by atoms with Gasteiger partial charge in [0, 0.05) is 20.3 Å². The van der Waals surface area contributed by atoms with E-state index in [1.54, 1.807) is 25.2 Å². The fourth-order valence-electron chi connectivity index (χ4n) is 3.94. The molecule has 23 heavy (non-hydrogen) atoms. The van der Waals surface area contributed by atoms with Gasteiger partial charge in [0.1, 0.15) is 0 Å². The first-order valence-corrected chi connectivity index (χ1v) is 8.63. The number of nitrogens with zero attached hydrogens (tertiary/aromatic N) is 3. The van der Waals surface area contributed by atoms with E-state index in [0.717, 1.165) is 28.2 Å². The number of hydrazine groups is 1. The number of hydrogen-bond acceptors (Lipinski definition) is 6. The number of fused-ring (bicyclic) bond motifs is 5. The van der Waals surface area contributed by atoms with Gasteiger partial charge in [0.05, 0.1) is 16.7 Å². The van der Waals surface area contributed by atoms with Gasteiger partial charge in [-0.05, 0) is 30.5 Å². The van der Waals surface area contributed by atoms with E-state index in [1.807, 2.05) is 12.2 Å². The highest BCUT2D eigenvalue weighted by Gasteiger charge is 2.62. The normalized spacial score (nSPS) is 36.9. The van der Waals surface area contributed by atoms with Gasteiger partial charge in [-0.3, -0.25) is 14.4 Å². The third-order valence-electron chi connectivity index (χ3n) is 4.80. The Morgan fingerprint density at radius 3 is 2.22 bits per heavy atom. The van der Waals surface area contributed by atoms with E-state index in [0.29, 0.717) is 4.91 Å². The zero-order chi connectivity index (χ0) is 16.5. The molecule has 4 aliphatic rings. The Morgan fingerprint density at radius 2 is 1.70 bits per heavy atom. The first-order chi connectivity index (χ1) is 10.9. The molecule has 2 aliphatic heterocycles. The monoisotopic (exact) mass is 349 g/mol. The standard InChI is InChI=1S/C15H15N3O3S2/c1-16(2)6-9-12(19)18(15(22)23-9)17-13(20)10-7-3-4-8(5-7)11(10)14(17)21/h3-4,6-8,10-11H,5H2,1-2H3/b9-6-/t7-,8+,10-,11+. The van der Waals surface area contributed by atoms with Crippen molar-refractivity contribution in [3.05, 3.63) is 23.3 Å². The van der Waals surface area contributed by atoms with E-state index < -0.39 is 5.91 Å². The fourth-order valence-corrected chi connectivity index (χ4v) is 5.25. The number of imide groups is 1. The summed E-state index contributed by atoms with van der Waals surface area (Å²) in [5, 5.41) is 2.08. The van der Waals surface area contributed by atoms with Crippen LogP contribution in [0.25, 0.3) is 0 Å². The topological polar surface area (TPSA) is 60.9 Å². The molecular formula is C15H15N3O3S2. The summed E-state index contributed by atoms with van der Waals surface area (Å²) in [4.78, 5) is 40.3. The van der Waals surface area contributed by atoms with Crippen molar-refractivity contribution in [3.8, 4) is 0 Å². The van der Waals surface area contributed by atoms with Crippen LogP contribution in [0.4, 0.5) is 0 Å². The van der Waals surface area contributed by atoms with Crippen LogP contribution in [-0.4, -0.2) is 51.1 Å². The van der Waals surface area contributed by atoms with E-state index in [-0.39, 0.29) is 39.8 Å². The Bertz CT molecular complexity index is 685. The van der Waals surface area contributed by atoms with Crippen LogP contribution in [0.1, 0.15) is 6.42 Å². The summed E-state index contributed by atoms with van der Waals surface area (Å²) >= 11 is 6.35. The fraction of sp³-hybridized carbons (Fsp3) is 0.467. The third kappa shape index (κ3) is 1.94. The quantitative estimate of drug-likeness (QED) is 0.320. The van der Waals surface area contributed by atoms with E-state index in [2.05, 4.69) is 0 Å². The number of hydrogen-bond donors (Lipinski definition) is 0. The second-order valence-electron chi connectivity index (χ2n) is 6.43. The van der Waals surface area contributed by atoms with Gasteiger partial charge in [-0.15, -0.1) is 0 Å². The Balaban J connectivity index is 1.67. The van der Waals surface area contributed by atoms with E-state index >= 15 is 0 Å². The van der Waals surface area contributed by atoms with Crippen molar-refractivity contribution in [1.82, 2.24) is 14.9 Å². The van der Waals surface area contributed by atoms with Gasteiger partial charge in [-0.25, -0.2) is 0 Å². The van der Waals surface area contributed by atoms with Gasteiger partial charge in [0.15, 0.2) is 4.32 Å². The third-order valence-corrected chi connectivity index (χ3v) is 6.07. The Morgan fingerprint density at radius 1 is 1.13 bits per heavy atom. The first kappa shape index (κ1) is 14.9. The van der Waals surface area contributed by atoms with Crippen molar-refractivity contribution in [3.63, 3.8) is 0 Å². The molecule has 0 aromatic heterocycles. The smallest absolute Gasteiger partial charge is 0.287 e. The maximum Gasteiger partial charge on any atom is 0.287 e. The molecule has 6 nitrogen and oxygen atoms in total. The molecule has 1 saturated carbocycles. The lowest BCUT2D eigenvalue weighted by atomic mass is 9.85. The van der Waals surface area contributed by atoms with Gasteiger partial charge in [-0.1, -0.05) is 23.9 Å². The van der Waals surface area contributed by atoms with Gasteiger partial charge < -0.3 is 4.90 Å². The number of carbonyl (C=O) groups excluding carboxylic acids is 3. The summed E-state index contributed by atoms with van der Waals surface area (Å²) in [5.74, 6) is -1.43. The zero-order valence-electron chi connectivity index (χ0n) is 12.6. The summed E-state index contributed by atoms with van der Waals surface area (Å²) < 4.78 is 0.227. The molecule has 3 fully saturated rings. The van der Waals surface area contributed by atoms with Crippen LogP contribution in [0.5, 0.6) is 0 Å². The predicted octanol–water partition coefficient (Wildman–Crippen LogP) is 0.972. The minimum absolute atomic E-state index is 0.113. The molecule has 3 amide bonds. The average molecular weight is 349 g/mol. The Kier molecular flexibility index (Phi) is 3.18.